The highest BCUT2D eigenvalue weighted by molar-refractivity contribution is 5.94. The van der Waals surface area contributed by atoms with E-state index in [1.807, 2.05) is 25.1 Å². The van der Waals surface area contributed by atoms with Crippen LogP contribution in [0, 0.1) is 6.92 Å². The molecule has 3 aromatic heterocycles. The van der Waals surface area contributed by atoms with Crippen LogP contribution in [-0.4, -0.2) is 38.0 Å². The zero-order valence-corrected chi connectivity index (χ0v) is 14.6. The van der Waals surface area contributed by atoms with E-state index in [0.29, 0.717) is 42.4 Å². The molecular weight excluding hydrogens is 334 g/mol. The summed E-state index contributed by atoms with van der Waals surface area (Å²) < 4.78 is 7.31. The maximum absolute atomic E-state index is 12.8. The summed E-state index contributed by atoms with van der Waals surface area (Å²) in [7, 11) is 1.79. The van der Waals surface area contributed by atoms with Crippen molar-refractivity contribution in [2.45, 2.75) is 19.9 Å². The summed E-state index contributed by atoms with van der Waals surface area (Å²) in [6.45, 7) is 2.84. The number of amides is 2. The standard InChI is InChI=1S/C18H19N5O3/c1-10-3-4-16(26-10)12-8-13(21-20-12)18(25)23-6-5-11-7-14(17(19)24)22(2)15(11)9-23/h3-4,7-8H,5-6,9H2,1-2H3,(H2,19,24)(H,20,21). The summed E-state index contributed by atoms with van der Waals surface area (Å²) >= 11 is 0. The number of fused-ring (bicyclic) bond motifs is 1. The number of primary amides is 1. The van der Waals surface area contributed by atoms with Gasteiger partial charge in [0, 0.05) is 25.4 Å². The Morgan fingerprint density at radius 1 is 1.31 bits per heavy atom. The second-order valence-corrected chi connectivity index (χ2v) is 6.48. The van der Waals surface area contributed by atoms with Crippen LogP contribution in [0.3, 0.4) is 0 Å². The first-order valence-corrected chi connectivity index (χ1v) is 8.33. The van der Waals surface area contributed by atoms with Gasteiger partial charge in [-0.25, -0.2) is 0 Å². The number of furan rings is 1. The minimum absolute atomic E-state index is 0.164. The van der Waals surface area contributed by atoms with E-state index in [0.717, 1.165) is 17.0 Å². The Balaban J connectivity index is 1.57. The van der Waals surface area contributed by atoms with Crippen molar-refractivity contribution in [1.29, 1.82) is 0 Å². The average molecular weight is 353 g/mol. The smallest absolute Gasteiger partial charge is 0.274 e. The maximum atomic E-state index is 12.8. The molecule has 4 heterocycles. The molecule has 0 unspecified atom stereocenters. The van der Waals surface area contributed by atoms with E-state index in [2.05, 4.69) is 10.2 Å². The third kappa shape index (κ3) is 2.59. The average Bonchev–Trinajstić information content (AvgIpc) is 3.33. The molecule has 3 aromatic rings. The highest BCUT2D eigenvalue weighted by atomic mass is 16.3. The normalized spacial score (nSPS) is 13.7. The number of aromatic amines is 1. The van der Waals surface area contributed by atoms with E-state index >= 15 is 0 Å². The number of aromatic nitrogens is 3. The van der Waals surface area contributed by atoms with Crippen LogP contribution in [0.4, 0.5) is 0 Å². The van der Waals surface area contributed by atoms with Gasteiger partial charge in [-0.15, -0.1) is 0 Å². The lowest BCUT2D eigenvalue weighted by Crippen LogP contribution is -2.36. The van der Waals surface area contributed by atoms with E-state index < -0.39 is 5.91 Å². The number of carbonyl (C=O) groups excluding carboxylic acids is 2. The Labute approximate surface area is 149 Å². The summed E-state index contributed by atoms with van der Waals surface area (Å²) in [5.41, 5.74) is 8.84. The molecule has 26 heavy (non-hydrogen) atoms. The molecule has 0 radical (unpaired) electrons. The third-order valence-corrected chi connectivity index (χ3v) is 4.78. The maximum Gasteiger partial charge on any atom is 0.274 e. The van der Waals surface area contributed by atoms with Crippen molar-refractivity contribution < 1.29 is 14.0 Å². The highest BCUT2D eigenvalue weighted by Gasteiger charge is 2.27. The minimum Gasteiger partial charge on any atom is -0.460 e. The van der Waals surface area contributed by atoms with Crippen LogP contribution in [0.2, 0.25) is 0 Å². The first-order valence-electron chi connectivity index (χ1n) is 8.33. The summed E-state index contributed by atoms with van der Waals surface area (Å²) in [5, 5.41) is 6.98. The van der Waals surface area contributed by atoms with E-state index in [-0.39, 0.29) is 5.91 Å². The zero-order valence-electron chi connectivity index (χ0n) is 14.6. The molecule has 0 bridgehead atoms. The van der Waals surface area contributed by atoms with Gasteiger partial charge < -0.3 is 19.6 Å². The summed E-state index contributed by atoms with van der Waals surface area (Å²) in [6.07, 6.45) is 0.677. The number of rotatable bonds is 3. The van der Waals surface area contributed by atoms with Gasteiger partial charge in [-0.05, 0) is 37.1 Å². The fourth-order valence-corrected chi connectivity index (χ4v) is 3.35. The number of aryl methyl sites for hydroxylation is 1. The first-order chi connectivity index (χ1) is 12.4. The fraction of sp³-hybridized carbons (Fsp3) is 0.278. The topological polar surface area (TPSA) is 110 Å². The molecule has 0 saturated heterocycles. The minimum atomic E-state index is -0.467. The zero-order chi connectivity index (χ0) is 18.4. The number of H-pyrrole nitrogens is 1. The number of hydrogen-bond acceptors (Lipinski definition) is 4. The van der Waals surface area contributed by atoms with E-state index in [4.69, 9.17) is 10.2 Å². The molecule has 134 valence electrons. The van der Waals surface area contributed by atoms with Crippen molar-refractivity contribution in [3.8, 4) is 11.5 Å². The Bertz CT molecular complexity index is 1010. The molecule has 0 aromatic carbocycles. The van der Waals surface area contributed by atoms with E-state index in [1.54, 1.807) is 22.6 Å². The molecule has 3 N–H and O–H groups in total. The van der Waals surface area contributed by atoms with Crippen LogP contribution in [0.1, 0.15) is 38.0 Å². The molecule has 0 aliphatic carbocycles. The summed E-state index contributed by atoms with van der Waals surface area (Å²) in [4.78, 5) is 26.1. The van der Waals surface area contributed by atoms with Gasteiger partial charge in [0.25, 0.3) is 11.8 Å². The summed E-state index contributed by atoms with van der Waals surface area (Å²) in [5.74, 6) is 0.803. The molecule has 0 fully saturated rings. The molecule has 2 amide bonds. The van der Waals surface area contributed by atoms with Crippen molar-refractivity contribution in [2.75, 3.05) is 6.54 Å². The molecule has 8 nitrogen and oxygen atoms in total. The predicted molar refractivity (Wildman–Crippen MR) is 93.4 cm³/mol. The molecule has 0 saturated carbocycles. The number of nitrogens with zero attached hydrogens (tertiary/aromatic N) is 3. The Kier molecular flexibility index (Phi) is 3.68. The Morgan fingerprint density at radius 2 is 2.12 bits per heavy atom. The van der Waals surface area contributed by atoms with Crippen molar-refractivity contribution in [3.05, 3.63) is 52.7 Å². The molecule has 1 aliphatic heterocycles. The predicted octanol–water partition coefficient (Wildman–Crippen LogP) is 1.61. The van der Waals surface area contributed by atoms with Crippen LogP contribution in [0.25, 0.3) is 11.5 Å². The largest absolute Gasteiger partial charge is 0.460 e. The molecule has 1 aliphatic rings. The Hall–Kier alpha value is -3.29. The highest BCUT2D eigenvalue weighted by Crippen LogP contribution is 2.25. The van der Waals surface area contributed by atoms with Crippen molar-refractivity contribution >= 4 is 11.8 Å². The van der Waals surface area contributed by atoms with Crippen LogP contribution < -0.4 is 5.73 Å². The quantitative estimate of drug-likeness (QED) is 0.745. The van der Waals surface area contributed by atoms with Crippen molar-refractivity contribution in [2.24, 2.45) is 12.8 Å². The lowest BCUT2D eigenvalue weighted by molar-refractivity contribution is 0.0724. The monoisotopic (exact) mass is 353 g/mol. The molecular formula is C18H19N5O3. The van der Waals surface area contributed by atoms with Gasteiger partial charge in [0.05, 0.1) is 6.54 Å². The van der Waals surface area contributed by atoms with E-state index in [1.165, 1.54) is 0 Å². The molecule has 0 spiro atoms. The van der Waals surface area contributed by atoms with Crippen LogP contribution in [0.5, 0.6) is 0 Å². The van der Waals surface area contributed by atoms with Gasteiger partial charge >= 0.3 is 0 Å². The fourth-order valence-electron chi connectivity index (χ4n) is 3.35. The van der Waals surface area contributed by atoms with Gasteiger partial charge in [0.15, 0.2) is 11.5 Å². The van der Waals surface area contributed by atoms with Gasteiger partial charge in [-0.2, -0.15) is 5.10 Å². The van der Waals surface area contributed by atoms with Crippen LogP contribution in [0.15, 0.2) is 28.7 Å². The first kappa shape index (κ1) is 16.2. The third-order valence-electron chi connectivity index (χ3n) is 4.78. The number of nitrogens with one attached hydrogen (secondary N) is 1. The van der Waals surface area contributed by atoms with Gasteiger partial charge in [-0.3, -0.25) is 14.7 Å². The van der Waals surface area contributed by atoms with Crippen LogP contribution >= 0.6 is 0 Å². The Morgan fingerprint density at radius 3 is 2.81 bits per heavy atom. The second-order valence-electron chi connectivity index (χ2n) is 6.48. The van der Waals surface area contributed by atoms with Gasteiger partial charge in [0.1, 0.15) is 17.1 Å². The lowest BCUT2D eigenvalue weighted by atomic mass is 10.1. The number of carbonyl (C=O) groups is 2. The van der Waals surface area contributed by atoms with Crippen LogP contribution in [-0.2, 0) is 20.0 Å². The number of nitrogens with two attached hydrogens (primary N) is 1. The van der Waals surface area contributed by atoms with Gasteiger partial charge in [0.2, 0.25) is 0 Å². The number of hydrogen-bond donors (Lipinski definition) is 2. The van der Waals surface area contributed by atoms with Crippen molar-refractivity contribution in [3.63, 3.8) is 0 Å². The lowest BCUT2D eigenvalue weighted by Gasteiger charge is -2.27. The molecule has 4 rings (SSSR count). The molecule has 8 heteroatoms. The SMILES string of the molecule is Cc1ccc(-c2cc(C(=O)N3CCc4cc(C(N)=O)n(C)c4C3)n[nH]2)o1. The van der Waals surface area contributed by atoms with Crippen molar-refractivity contribution in [1.82, 2.24) is 19.7 Å². The molecule has 0 atom stereocenters. The van der Waals surface area contributed by atoms with Gasteiger partial charge in [-0.1, -0.05) is 0 Å². The second kappa shape index (κ2) is 5.91. The van der Waals surface area contributed by atoms with E-state index in [9.17, 15) is 9.59 Å². The summed E-state index contributed by atoms with van der Waals surface area (Å²) in [6, 6.07) is 7.19.